The van der Waals surface area contributed by atoms with Crippen molar-refractivity contribution in [2.75, 3.05) is 19.6 Å². The molecule has 1 aromatic carbocycles. The largest absolute Gasteiger partial charge is 0.481 e. The van der Waals surface area contributed by atoms with E-state index in [1.807, 2.05) is 19.1 Å². The van der Waals surface area contributed by atoms with Gasteiger partial charge >= 0.3 is 12.0 Å². The maximum Gasteiger partial charge on any atom is 0.325 e. The van der Waals surface area contributed by atoms with Crippen molar-refractivity contribution < 1.29 is 24.3 Å². The number of benzene rings is 1. The molecule has 2 saturated heterocycles. The third kappa shape index (κ3) is 3.02. The zero-order valence-electron chi connectivity index (χ0n) is 14.7. The van der Waals surface area contributed by atoms with Crippen LogP contribution in [-0.2, 0) is 19.9 Å². The van der Waals surface area contributed by atoms with Gasteiger partial charge in [0.15, 0.2) is 0 Å². The van der Waals surface area contributed by atoms with E-state index < -0.39 is 41.8 Å². The molecule has 3 rings (SSSR count). The first kappa shape index (κ1) is 17.9. The summed E-state index contributed by atoms with van der Waals surface area (Å²) in [5.74, 6) is -2.46. The summed E-state index contributed by atoms with van der Waals surface area (Å²) in [6.07, 6.45) is 0.377. The highest BCUT2D eigenvalue weighted by Gasteiger charge is 2.50. The Kier molecular flexibility index (Phi) is 4.43. The maximum atomic E-state index is 12.8. The molecule has 2 aliphatic rings. The van der Waals surface area contributed by atoms with Crippen LogP contribution in [0.4, 0.5) is 4.79 Å². The van der Waals surface area contributed by atoms with E-state index in [4.69, 9.17) is 5.11 Å². The molecule has 2 heterocycles. The molecule has 2 aliphatic heterocycles. The molecule has 0 bridgehead atoms. The first-order chi connectivity index (χ1) is 12.2. The number of hydrogen-bond acceptors (Lipinski definition) is 4. The number of likely N-dealkylation sites (tertiary alicyclic amines) is 1. The highest BCUT2D eigenvalue weighted by molar-refractivity contribution is 6.09. The molecule has 8 heteroatoms. The predicted molar refractivity (Wildman–Crippen MR) is 91.1 cm³/mol. The highest BCUT2D eigenvalue weighted by Crippen LogP contribution is 2.29. The summed E-state index contributed by atoms with van der Waals surface area (Å²) in [5, 5.41) is 11.7. The predicted octanol–water partition coefficient (Wildman–Crippen LogP) is 0.695. The molecule has 0 aromatic heterocycles. The second kappa shape index (κ2) is 6.44. The van der Waals surface area contributed by atoms with E-state index in [-0.39, 0.29) is 6.54 Å². The van der Waals surface area contributed by atoms with E-state index in [1.54, 1.807) is 19.1 Å². The standard InChI is InChI=1S/C18H21N3O5/c1-11-3-5-13(6-4-11)18(2)16(25)21(17(26)19-18)10-14(22)20-8-7-12(9-20)15(23)24/h3-6,12H,7-10H2,1-2H3,(H,19,26)(H,23,24). The van der Waals surface area contributed by atoms with E-state index >= 15 is 0 Å². The lowest BCUT2D eigenvalue weighted by atomic mass is 9.91. The van der Waals surface area contributed by atoms with Crippen LogP contribution >= 0.6 is 0 Å². The van der Waals surface area contributed by atoms with Gasteiger partial charge in [-0.15, -0.1) is 0 Å². The maximum absolute atomic E-state index is 12.8. The fourth-order valence-corrected chi connectivity index (χ4v) is 3.35. The fourth-order valence-electron chi connectivity index (χ4n) is 3.35. The van der Waals surface area contributed by atoms with Crippen molar-refractivity contribution in [1.82, 2.24) is 15.1 Å². The number of aliphatic carboxylic acids is 1. The van der Waals surface area contributed by atoms with Crippen LogP contribution in [0.25, 0.3) is 0 Å². The number of amides is 4. The normalized spacial score (nSPS) is 25.5. The number of carboxylic acids is 1. The van der Waals surface area contributed by atoms with Gasteiger partial charge < -0.3 is 15.3 Å². The van der Waals surface area contributed by atoms with Crippen LogP contribution < -0.4 is 5.32 Å². The number of nitrogens with zero attached hydrogens (tertiary/aromatic N) is 2. The van der Waals surface area contributed by atoms with Gasteiger partial charge in [0.2, 0.25) is 5.91 Å². The molecule has 2 atom stereocenters. The third-order valence-corrected chi connectivity index (χ3v) is 5.09. The minimum absolute atomic E-state index is 0.104. The lowest BCUT2D eigenvalue weighted by molar-refractivity contribution is -0.142. The van der Waals surface area contributed by atoms with E-state index in [1.165, 1.54) is 4.90 Å². The van der Waals surface area contributed by atoms with Crippen LogP contribution in [0.15, 0.2) is 24.3 Å². The van der Waals surface area contributed by atoms with Gasteiger partial charge in [0.25, 0.3) is 5.91 Å². The second-order valence-corrected chi connectivity index (χ2v) is 6.98. The number of hydrogen-bond donors (Lipinski definition) is 2. The van der Waals surface area contributed by atoms with Gasteiger partial charge in [0.05, 0.1) is 5.92 Å². The molecule has 2 N–H and O–H groups in total. The Morgan fingerprint density at radius 3 is 2.50 bits per heavy atom. The Morgan fingerprint density at radius 2 is 1.92 bits per heavy atom. The summed E-state index contributed by atoms with van der Waals surface area (Å²) in [6, 6.07) is 6.63. The minimum Gasteiger partial charge on any atom is -0.481 e. The Hall–Kier alpha value is -2.90. The lowest BCUT2D eigenvalue weighted by Crippen LogP contribution is -2.44. The van der Waals surface area contributed by atoms with Crippen LogP contribution in [0.5, 0.6) is 0 Å². The van der Waals surface area contributed by atoms with E-state index in [2.05, 4.69) is 5.32 Å². The van der Waals surface area contributed by atoms with Crippen molar-refractivity contribution in [1.29, 1.82) is 0 Å². The average molecular weight is 359 g/mol. The summed E-state index contributed by atoms with van der Waals surface area (Å²) >= 11 is 0. The molecule has 26 heavy (non-hydrogen) atoms. The minimum atomic E-state index is -1.22. The number of imide groups is 1. The summed E-state index contributed by atoms with van der Waals surface area (Å²) in [7, 11) is 0. The Morgan fingerprint density at radius 1 is 1.27 bits per heavy atom. The number of carboxylic acid groups (broad SMARTS) is 1. The van der Waals surface area contributed by atoms with Gasteiger partial charge in [-0.2, -0.15) is 0 Å². The molecule has 138 valence electrons. The SMILES string of the molecule is Cc1ccc(C2(C)NC(=O)N(CC(=O)N3CCC(C(=O)O)C3)C2=O)cc1. The van der Waals surface area contributed by atoms with E-state index in [9.17, 15) is 19.2 Å². The summed E-state index contributed by atoms with van der Waals surface area (Å²) in [5.41, 5.74) is 0.450. The van der Waals surface area contributed by atoms with Gasteiger partial charge in [-0.05, 0) is 25.8 Å². The van der Waals surface area contributed by atoms with Crippen molar-refractivity contribution in [3.05, 3.63) is 35.4 Å². The number of aryl methyl sites for hydroxylation is 1. The molecule has 1 aromatic rings. The number of rotatable bonds is 4. The molecule has 4 amide bonds. The van der Waals surface area contributed by atoms with Crippen molar-refractivity contribution in [3.8, 4) is 0 Å². The zero-order chi connectivity index (χ0) is 19.1. The second-order valence-electron chi connectivity index (χ2n) is 6.98. The highest BCUT2D eigenvalue weighted by atomic mass is 16.4. The average Bonchev–Trinajstić information content (AvgIpc) is 3.16. The molecule has 0 saturated carbocycles. The van der Waals surface area contributed by atoms with Crippen molar-refractivity contribution in [3.63, 3.8) is 0 Å². The first-order valence-corrected chi connectivity index (χ1v) is 8.44. The van der Waals surface area contributed by atoms with Crippen molar-refractivity contribution >= 4 is 23.8 Å². The molecule has 2 fully saturated rings. The number of nitrogens with one attached hydrogen (secondary N) is 1. The van der Waals surface area contributed by atoms with Crippen LogP contribution in [0.3, 0.4) is 0 Å². The molecule has 0 radical (unpaired) electrons. The van der Waals surface area contributed by atoms with Crippen molar-refractivity contribution in [2.45, 2.75) is 25.8 Å². The molecule has 8 nitrogen and oxygen atoms in total. The van der Waals surface area contributed by atoms with E-state index in [0.717, 1.165) is 10.5 Å². The molecular formula is C18H21N3O5. The lowest BCUT2D eigenvalue weighted by Gasteiger charge is -2.23. The third-order valence-electron chi connectivity index (χ3n) is 5.09. The Labute approximate surface area is 150 Å². The van der Waals surface area contributed by atoms with Gasteiger partial charge in [-0.25, -0.2) is 4.79 Å². The van der Waals surface area contributed by atoms with Crippen LogP contribution in [-0.4, -0.2) is 58.4 Å². The van der Waals surface area contributed by atoms with Crippen LogP contribution in [0, 0.1) is 12.8 Å². The smallest absolute Gasteiger partial charge is 0.325 e. The molecular weight excluding hydrogens is 338 g/mol. The molecule has 0 aliphatic carbocycles. The van der Waals surface area contributed by atoms with Gasteiger partial charge in [-0.1, -0.05) is 29.8 Å². The summed E-state index contributed by atoms with van der Waals surface area (Å²) < 4.78 is 0. The number of urea groups is 1. The Bertz CT molecular complexity index is 776. The monoisotopic (exact) mass is 359 g/mol. The van der Waals surface area contributed by atoms with Gasteiger partial charge in [-0.3, -0.25) is 19.3 Å². The first-order valence-electron chi connectivity index (χ1n) is 8.44. The Balaban J connectivity index is 1.72. The number of carbonyl (C=O) groups excluding carboxylic acids is 3. The fraction of sp³-hybridized carbons (Fsp3) is 0.444. The van der Waals surface area contributed by atoms with Crippen LogP contribution in [0.2, 0.25) is 0 Å². The summed E-state index contributed by atoms with van der Waals surface area (Å²) in [6.45, 7) is 3.56. The van der Waals surface area contributed by atoms with Crippen LogP contribution in [0.1, 0.15) is 24.5 Å². The molecule has 2 unspecified atom stereocenters. The molecule has 0 spiro atoms. The van der Waals surface area contributed by atoms with Gasteiger partial charge in [0, 0.05) is 13.1 Å². The zero-order valence-corrected chi connectivity index (χ0v) is 14.7. The number of carbonyl (C=O) groups is 4. The summed E-state index contributed by atoms with van der Waals surface area (Å²) in [4.78, 5) is 50.8. The van der Waals surface area contributed by atoms with E-state index in [0.29, 0.717) is 18.5 Å². The quantitative estimate of drug-likeness (QED) is 0.770. The topological polar surface area (TPSA) is 107 Å². The van der Waals surface area contributed by atoms with Gasteiger partial charge in [0.1, 0.15) is 12.1 Å². The van der Waals surface area contributed by atoms with Crippen molar-refractivity contribution in [2.24, 2.45) is 5.92 Å².